The monoisotopic (exact) mass is 706 g/mol. The van der Waals surface area contributed by atoms with Crippen LogP contribution in [-0.4, -0.2) is 28.0 Å². The highest BCUT2D eigenvalue weighted by Crippen LogP contribution is 2.32. The number of benzene rings is 4. The number of rotatable bonds is 10. The highest BCUT2D eigenvalue weighted by molar-refractivity contribution is 8.00. The molecule has 0 aliphatic rings. The van der Waals surface area contributed by atoms with E-state index in [4.69, 9.17) is 34.8 Å². The molecule has 1 aromatic heterocycles. The van der Waals surface area contributed by atoms with Gasteiger partial charge in [0.15, 0.2) is 5.13 Å². The molecule has 232 valence electrons. The van der Waals surface area contributed by atoms with Crippen molar-refractivity contribution in [2.24, 2.45) is 0 Å². The average molecular weight is 708 g/mol. The van der Waals surface area contributed by atoms with E-state index in [0.717, 1.165) is 10.5 Å². The minimum atomic E-state index is -0.543. The molecule has 7 nitrogen and oxygen atoms in total. The molecule has 1 unspecified atom stereocenters. The second-order valence-electron chi connectivity index (χ2n) is 9.80. The molecular weight excluding hydrogens is 683 g/mol. The third kappa shape index (κ3) is 8.78. The number of hydrogen-bond donors (Lipinski definition) is 3. The normalized spacial score (nSPS) is 11.9. The predicted octanol–water partition coefficient (Wildman–Crippen LogP) is 9.30. The van der Waals surface area contributed by atoms with E-state index in [1.165, 1.54) is 29.2 Å². The van der Waals surface area contributed by atoms with E-state index in [1.807, 2.05) is 17.5 Å². The summed E-state index contributed by atoms with van der Waals surface area (Å²) in [4.78, 5) is 44.6. The van der Waals surface area contributed by atoms with Crippen LogP contribution in [0.1, 0.15) is 22.8 Å². The molecule has 4 aromatic carbocycles. The molecule has 0 fully saturated rings. The van der Waals surface area contributed by atoms with Crippen molar-refractivity contribution in [1.82, 2.24) is 10.3 Å². The molecular formula is C34H25Cl3N4O3S2. The number of halogens is 3. The Hall–Kier alpha value is -4.12. The minimum absolute atomic E-state index is 0.0106. The molecule has 1 atom stereocenters. The summed E-state index contributed by atoms with van der Waals surface area (Å²) >= 11 is 21.1. The van der Waals surface area contributed by atoms with Crippen molar-refractivity contribution in [3.63, 3.8) is 0 Å². The number of nitrogens with one attached hydrogen (secondary N) is 3. The van der Waals surface area contributed by atoms with Crippen molar-refractivity contribution in [2.75, 3.05) is 10.6 Å². The molecule has 3 amide bonds. The third-order valence-electron chi connectivity index (χ3n) is 6.46. The first-order chi connectivity index (χ1) is 22.2. The molecule has 0 aliphatic heterocycles. The van der Waals surface area contributed by atoms with Crippen LogP contribution in [0.3, 0.4) is 0 Å². The summed E-state index contributed by atoms with van der Waals surface area (Å²) in [7, 11) is 0. The fraction of sp³-hybridized carbons (Fsp3) is 0.0588. The molecule has 0 aliphatic carbocycles. The van der Waals surface area contributed by atoms with E-state index in [-0.39, 0.29) is 11.6 Å². The summed E-state index contributed by atoms with van der Waals surface area (Å²) in [6.07, 6.45) is 1.52. The largest absolute Gasteiger partial charge is 0.321 e. The smallest absolute Gasteiger partial charge is 0.272 e. The number of thioether (sulfide) groups is 1. The third-order valence-corrected chi connectivity index (χ3v) is 9.39. The predicted molar refractivity (Wildman–Crippen MR) is 190 cm³/mol. The van der Waals surface area contributed by atoms with Gasteiger partial charge < -0.3 is 16.0 Å². The lowest BCUT2D eigenvalue weighted by atomic mass is 10.1. The highest BCUT2D eigenvalue weighted by atomic mass is 35.5. The van der Waals surface area contributed by atoms with Crippen LogP contribution in [0.15, 0.2) is 113 Å². The van der Waals surface area contributed by atoms with E-state index >= 15 is 0 Å². The van der Waals surface area contributed by atoms with Crippen LogP contribution >= 0.6 is 57.9 Å². The molecule has 0 spiro atoms. The van der Waals surface area contributed by atoms with E-state index in [9.17, 15) is 14.4 Å². The lowest BCUT2D eigenvalue weighted by Crippen LogP contribution is -2.30. The van der Waals surface area contributed by atoms with Crippen molar-refractivity contribution < 1.29 is 14.4 Å². The second kappa shape index (κ2) is 15.4. The standard InChI is InChI=1S/C34H25Cl3N4O3S2/c1-20(31(42)41-34-40-30(19-45-34)23-14-15-27(36)28(37)16-23)46-25-12-7-11-24(18-25)38-33(44)29(17-22-10-5-6-13-26(22)35)39-32(43)21-8-3-2-4-9-21/h2-20H,1H3,(H,38,44)(H,39,43)(H,40,41,42)/b29-17+. The molecule has 1 heterocycles. The van der Waals surface area contributed by atoms with Crippen LogP contribution in [-0.2, 0) is 9.59 Å². The first-order valence-corrected chi connectivity index (χ1v) is 16.7. The molecule has 0 radical (unpaired) electrons. The van der Waals surface area contributed by atoms with E-state index < -0.39 is 17.1 Å². The topological polar surface area (TPSA) is 100 Å². The summed E-state index contributed by atoms with van der Waals surface area (Å²) < 4.78 is 0. The first kappa shape index (κ1) is 33.2. The van der Waals surface area contributed by atoms with E-state index in [0.29, 0.717) is 42.7 Å². The van der Waals surface area contributed by atoms with Gasteiger partial charge >= 0.3 is 0 Å². The minimum Gasteiger partial charge on any atom is -0.321 e. The van der Waals surface area contributed by atoms with Crippen molar-refractivity contribution in [3.05, 3.63) is 134 Å². The molecule has 46 heavy (non-hydrogen) atoms. The highest BCUT2D eigenvalue weighted by Gasteiger charge is 2.19. The van der Waals surface area contributed by atoms with Gasteiger partial charge in [0.1, 0.15) is 5.70 Å². The summed E-state index contributed by atoms with van der Waals surface area (Å²) in [6, 6.07) is 27.9. The molecule has 3 N–H and O–H groups in total. The Balaban J connectivity index is 1.25. The van der Waals surface area contributed by atoms with Gasteiger partial charge in [-0.2, -0.15) is 0 Å². The maximum Gasteiger partial charge on any atom is 0.272 e. The number of aromatic nitrogens is 1. The zero-order valence-corrected chi connectivity index (χ0v) is 28.0. The Kier molecular flexibility index (Phi) is 11.2. The van der Waals surface area contributed by atoms with Crippen molar-refractivity contribution in [1.29, 1.82) is 0 Å². The fourth-order valence-electron chi connectivity index (χ4n) is 4.12. The van der Waals surface area contributed by atoms with Crippen LogP contribution in [0.25, 0.3) is 17.3 Å². The quantitative estimate of drug-likeness (QED) is 0.0993. The fourth-order valence-corrected chi connectivity index (χ4v) is 6.26. The van der Waals surface area contributed by atoms with Gasteiger partial charge in [-0.25, -0.2) is 4.98 Å². The molecule has 0 saturated carbocycles. The van der Waals surface area contributed by atoms with Crippen molar-refractivity contribution in [2.45, 2.75) is 17.1 Å². The summed E-state index contributed by atoms with van der Waals surface area (Å²) in [5, 5.41) is 11.5. The Morgan fingerprint density at radius 1 is 0.826 bits per heavy atom. The van der Waals surface area contributed by atoms with Crippen LogP contribution in [0.4, 0.5) is 10.8 Å². The van der Waals surface area contributed by atoms with Crippen LogP contribution in [0.2, 0.25) is 15.1 Å². The number of hydrogen-bond acceptors (Lipinski definition) is 6. The molecule has 5 aromatic rings. The summed E-state index contributed by atoms with van der Waals surface area (Å²) in [6.45, 7) is 1.78. The van der Waals surface area contributed by atoms with Gasteiger partial charge in [-0.05, 0) is 67.1 Å². The van der Waals surface area contributed by atoms with Crippen LogP contribution < -0.4 is 16.0 Å². The molecule has 12 heteroatoms. The number of amides is 3. The summed E-state index contributed by atoms with van der Waals surface area (Å²) in [5.41, 5.74) is 2.91. The van der Waals surface area contributed by atoms with Crippen molar-refractivity contribution >= 4 is 92.5 Å². The van der Waals surface area contributed by atoms with Gasteiger partial charge in [-0.3, -0.25) is 14.4 Å². The number of nitrogens with zero attached hydrogens (tertiary/aromatic N) is 1. The number of carbonyl (C=O) groups is 3. The van der Waals surface area contributed by atoms with E-state index in [1.54, 1.807) is 91.9 Å². The SMILES string of the molecule is CC(Sc1cccc(NC(=O)/C(=C\c2ccccc2Cl)NC(=O)c2ccccc2)c1)C(=O)Nc1nc(-c2ccc(Cl)c(Cl)c2)cs1. The van der Waals surface area contributed by atoms with Crippen molar-refractivity contribution in [3.8, 4) is 11.3 Å². The molecule has 0 saturated heterocycles. The molecule has 5 rings (SSSR count). The van der Waals surface area contributed by atoms with Gasteiger partial charge in [0.05, 0.1) is 21.0 Å². The zero-order chi connectivity index (χ0) is 32.6. The van der Waals surface area contributed by atoms with Gasteiger partial charge in [0.2, 0.25) is 5.91 Å². The Labute approximate surface area is 289 Å². The van der Waals surface area contributed by atoms with Crippen LogP contribution in [0.5, 0.6) is 0 Å². The lowest BCUT2D eigenvalue weighted by Gasteiger charge is -2.14. The van der Waals surface area contributed by atoms with Crippen LogP contribution in [0, 0.1) is 0 Å². The first-order valence-electron chi connectivity index (χ1n) is 13.8. The summed E-state index contributed by atoms with van der Waals surface area (Å²) in [5.74, 6) is -1.22. The van der Waals surface area contributed by atoms with E-state index in [2.05, 4.69) is 20.9 Å². The number of carbonyl (C=O) groups excluding carboxylic acids is 3. The molecule has 0 bridgehead atoms. The van der Waals surface area contributed by atoms with Gasteiger partial charge in [-0.1, -0.05) is 83.3 Å². The maximum absolute atomic E-state index is 13.5. The average Bonchev–Trinajstić information content (AvgIpc) is 3.52. The number of thiazole rings is 1. The Morgan fingerprint density at radius 3 is 2.35 bits per heavy atom. The Morgan fingerprint density at radius 2 is 1.59 bits per heavy atom. The second-order valence-corrected chi connectivity index (χ2v) is 13.3. The van der Waals surface area contributed by atoms with Gasteiger partial charge in [0, 0.05) is 32.1 Å². The number of anilines is 2. The lowest BCUT2D eigenvalue weighted by molar-refractivity contribution is -0.115. The zero-order valence-electron chi connectivity index (χ0n) is 24.1. The Bertz CT molecular complexity index is 1930. The maximum atomic E-state index is 13.5. The van der Waals surface area contributed by atoms with Gasteiger partial charge in [-0.15, -0.1) is 23.1 Å². The van der Waals surface area contributed by atoms with Gasteiger partial charge in [0.25, 0.3) is 11.8 Å².